The Bertz CT molecular complexity index is 680. The van der Waals surface area contributed by atoms with Gasteiger partial charge in [-0.15, -0.1) is 0 Å². The Hall–Kier alpha value is -2.13. The summed E-state index contributed by atoms with van der Waals surface area (Å²) in [5.41, 5.74) is 5.03. The van der Waals surface area contributed by atoms with Gasteiger partial charge in [0.1, 0.15) is 12.1 Å². The van der Waals surface area contributed by atoms with Crippen LogP contribution in [0.2, 0.25) is 0 Å². The van der Waals surface area contributed by atoms with Crippen molar-refractivity contribution in [1.29, 1.82) is 0 Å². The molecule has 0 saturated carbocycles. The smallest absolute Gasteiger partial charge is 0.326 e. The van der Waals surface area contributed by atoms with Crippen molar-refractivity contribution in [2.45, 2.75) is 57.7 Å². The molecule has 0 aromatic rings. The number of carboxylic acids is 1. The summed E-state index contributed by atoms with van der Waals surface area (Å²) >= 11 is 1.51. The van der Waals surface area contributed by atoms with Crippen molar-refractivity contribution in [3.8, 4) is 0 Å². The maximum absolute atomic E-state index is 13.2. The molecule has 0 bridgehead atoms. The lowest BCUT2D eigenvalue weighted by atomic mass is 9.70. The Morgan fingerprint density at radius 3 is 2.47 bits per heavy atom. The summed E-state index contributed by atoms with van der Waals surface area (Å²) in [5.74, 6) is -1.23. The molecule has 1 aliphatic carbocycles. The number of hydrogen-bond acceptors (Lipinski definition) is 6. The van der Waals surface area contributed by atoms with Crippen molar-refractivity contribution in [1.82, 2.24) is 10.6 Å². The normalized spacial score (nSPS) is 21.0. The highest BCUT2D eigenvalue weighted by Crippen LogP contribution is 2.36. The molecule has 0 aromatic carbocycles. The van der Waals surface area contributed by atoms with Gasteiger partial charge in [0.05, 0.1) is 11.5 Å². The molecule has 1 aliphatic rings. The summed E-state index contributed by atoms with van der Waals surface area (Å²) < 4.78 is 0. The highest BCUT2D eigenvalue weighted by atomic mass is 32.2. The van der Waals surface area contributed by atoms with Gasteiger partial charge in [-0.2, -0.15) is 11.8 Å². The van der Waals surface area contributed by atoms with E-state index in [4.69, 9.17) is 5.73 Å². The van der Waals surface area contributed by atoms with Crippen LogP contribution in [0.15, 0.2) is 24.3 Å². The van der Waals surface area contributed by atoms with Gasteiger partial charge >= 0.3 is 5.97 Å². The van der Waals surface area contributed by atoms with Gasteiger partial charge in [-0.3, -0.25) is 14.4 Å². The number of Topliss-reactive ketones (excluding diaryl/α,β-unsaturated/α-hetero) is 1. The maximum atomic E-state index is 13.2. The van der Waals surface area contributed by atoms with Crippen LogP contribution in [-0.2, 0) is 19.2 Å². The Balaban J connectivity index is 3.05. The maximum Gasteiger partial charge on any atom is 0.326 e. The minimum Gasteiger partial charge on any atom is -0.480 e. The minimum absolute atomic E-state index is 0.115. The number of thioether (sulfide) groups is 1. The predicted octanol–water partition coefficient (Wildman–Crippen LogP) is 1.26. The second-order valence-corrected chi connectivity index (χ2v) is 8.96. The number of nitrogens with one attached hydrogen (secondary N) is 2. The number of carbonyl (C=O) groups is 4. The Morgan fingerprint density at radius 1 is 1.27 bits per heavy atom. The summed E-state index contributed by atoms with van der Waals surface area (Å²) in [6, 6.07) is -2.86. The molecule has 8 nitrogen and oxygen atoms in total. The van der Waals surface area contributed by atoms with Gasteiger partial charge in [0.2, 0.25) is 12.3 Å². The number of ketones is 1. The first kappa shape index (κ1) is 25.9. The minimum atomic E-state index is -1.30. The fourth-order valence-corrected chi connectivity index (χ4v) is 4.00. The molecule has 0 saturated heterocycles. The third kappa shape index (κ3) is 7.60. The molecule has 30 heavy (non-hydrogen) atoms. The van der Waals surface area contributed by atoms with Crippen LogP contribution in [0.5, 0.6) is 0 Å². The molecule has 4 unspecified atom stereocenters. The van der Waals surface area contributed by atoms with Crippen molar-refractivity contribution in [2.75, 3.05) is 12.0 Å². The average Bonchev–Trinajstić information content (AvgIpc) is 2.70. The zero-order chi connectivity index (χ0) is 22.7. The van der Waals surface area contributed by atoms with Crippen LogP contribution in [0, 0.1) is 11.3 Å². The predicted molar refractivity (Wildman–Crippen MR) is 118 cm³/mol. The zero-order valence-corrected chi connectivity index (χ0v) is 18.6. The van der Waals surface area contributed by atoms with Crippen LogP contribution in [-0.4, -0.2) is 59.3 Å². The fourth-order valence-electron chi connectivity index (χ4n) is 3.53. The van der Waals surface area contributed by atoms with Crippen LogP contribution < -0.4 is 16.4 Å². The quantitative estimate of drug-likeness (QED) is 0.299. The second kappa shape index (κ2) is 12.5. The number of nitrogens with two attached hydrogens (primary N) is 1. The molecule has 0 radical (unpaired) electrons. The first-order valence-corrected chi connectivity index (χ1v) is 11.4. The van der Waals surface area contributed by atoms with Crippen molar-refractivity contribution in [3.63, 3.8) is 0 Å². The molecule has 0 aromatic heterocycles. The van der Waals surface area contributed by atoms with Crippen LogP contribution in [0.1, 0.15) is 39.5 Å². The third-order valence-corrected chi connectivity index (χ3v) is 5.72. The third-order valence-electron chi connectivity index (χ3n) is 5.08. The van der Waals surface area contributed by atoms with Gasteiger partial charge in [-0.25, -0.2) is 4.79 Å². The SMILES string of the molecule is CSCCC(NC=O)C(=O)NC(CC1(C(=O)C(N)CC(C)C)C=CC=CC1)C(=O)O. The number of hydrogen-bond donors (Lipinski definition) is 4. The molecule has 0 aliphatic heterocycles. The van der Waals surface area contributed by atoms with E-state index in [-0.39, 0.29) is 18.1 Å². The molecule has 0 heterocycles. The number of carbonyl (C=O) groups excluding carboxylic acids is 3. The second-order valence-electron chi connectivity index (χ2n) is 7.97. The highest BCUT2D eigenvalue weighted by Gasteiger charge is 2.42. The molecule has 2 amide bonds. The topological polar surface area (TPSA) is 139 Å². The monoisotopic (exact) mass is 439 g/mol. The van der Waals surface area contributed by atoms with Gasteiger partial charge < -0.3 is 21.5 Å². The largest absolute Gasteiger partial charge is 0.480 e. The lowest BCUT2D eigenvalue weighted by Crippen LogP contribution is -2.53. The first-order chi connectivity index (χ1) is 14.2. The summed E-state index contributed by atoms with van der Waals surface area (Å²) in [6.07, 6.45) is 10.3. The molecule has 0 spiro atoms. The van der Waals surface area contributed by atoms with E-state index in [2.05, 4.69) is 10.6 Å². The highest BCUT2D eigenvalue weighted by molar-refractivity contribution is 7.98. The standard InChI is InChI=1S/C21H33N3O5S/c1-14(2)11-15(22)18(26)21(8-5-4-6-9-21)12-17(20(28)29)24-19(27)16(23-13-25)7-10-30-3/h4-6,8,13-17H,7,9-12,22H2,1-3H3,(H,23,25)(H,24,27)(H,28,29). The number of rotatable bonds is 14. The van der Waals surface area contributed by atoms with Crippen LogP contribution in [0.3, 0.4) is 0 Å². The fraction of sp³-hybridized carbons (Fsp3) is 0.619. The van der Waals surface area contributed by atoms with E-state index in [1.54, 1.807) is 24.3 Å². The van der Waals surface area contributed by atoms with Crippen molar-refractivity contribution in [2.24, 2.45) is 17.1 Å². The Morgan fingerprint density at radius 2 is 1.97 bits per heavy atom. The van der Waals surface area contributed by atoms with E-state index in [9.17, 15) is 24.3 Å². The van der Waals surface area contributed by atoms with Gasteiger partial charge in [0, 0.05) is 0 Å². The lowest BCUT2D eigenvalue weighted by Gasteiger charge is -2.35. The number of carboxylic acid groups (broad SMARTS) is 1. The first-order valence-electron chi connectivity index (χ1n) is 10.0. The summed E-state index contributed by atoms with van der Waals surface area (Å²) in [6.45, 7) is 3.93. The lowest BCUT2D eigenvalue weighted by molar-refractivity contribution is -0.143. The van der Waals surface area contributed by atoms with Crippen molar-refractivity contribution >= 4 is 35.8 Å². The molecule has 9 heteroatoms. The zero-order valence-electron chi connectivity index (χ0n) is 17.8. The number of allylic oxidation sites excluding steroid dienone is 4. The average molecular weight is 440 g/mol. The van der Waals surface area contributed by atoms with Gasteiger partial charge in [0.25, 0.3) is 0 Å². The molecule has 168 valence electrons. The van der Waals surface area contributed by atoms with Crippen molar-refractivity contribution < 1.29 is 24.3 Å². The number of aliphatic carboxylic acids is 1. The van der Waals surface area contributed by atoms with Gasteiger partial charge in [0.15, 0.2) is 5.78 Å². The number of amides is 2. The van der Waals surface area contributed by atoms with E-state index in [1.807, 2.05) is 20.1 Å². The van der Waals surface area contributed by atoms with E-state index < -0.39 is 35.4 Å². The molecule has 1 rings (SSSR count). The Labute approximate surface area is 182 Å². The molecular weight excluding hydrogens is 406 g/mol. The van der Waals surface area contributed by atoms with Crippen LogP contribution in [0.4, 0.5) is 0 Å². The van der Waals surface area contributed by atoms with E-state index in [1.165, 1.54) is 11.8 Å². The van der Waals surface area contributed by atoms with E-state index in [0.717, 1.165) is 0 Å². The summed E-state index contributed by atoms with van der Waals surface area (Å²) in [4.78, 5) is 48.6. The van der Waals surface area contributed by atoms with E-state index in [0.29, 0.717) is 31.4 Å². The van der Waals surface area contributed by atoms with Gasteiger partial charge in [-0.1, -0.05) is 38.2 Å². The van der Waals surface area contributed by atoms with E-state index >= 15 is 0 Å². The summed E-state index contributed by atoms with van der Waals surface area (Å²) in [5, 5.41) is 14.7. The molecule has 5 N–H and O–H groups in total. The summed E-state index contributed by atoms with van der Waals surface area (Å²) in [7, 11) is 0. The van der Waals surface area contributed by atoms with Crippen LogP contribution in [0.25, 0.3) is 0 Å². The Kier molecular flexibility index (Phi) is 10.8. The van der Waals surface area contributed by atoms with Crippen LogP contribution >= 0.6 is 11.8 Å². The van der Waals surface area contributed by atoms with Gasteiger partial charge in [-0.05, 0) is 43.6 Å². The van der Waals surface area contributed by atoms with Crippen molar-refractivity contribution in [3.05, 3.63) is 24.3 Å². The molecular formula is C21H33N3O5S. The molecule has 4 atom stereocenters. The molecule has 0 fully saturated rings.